The maximum Gasteiger partial charge on any atom is 0.200 e. The van der Waals surface area contributed by atoms with Crippen LogP contribution in [-0.4, -0.2) is 13.2 Å². The third-order valence-corrected chi connectivity index (χ3v) is 2.66. The molecule has 0 saturated carbocycles. The summed E-state index contributed by atoms with van der Waals surface area (Å²) < 4.78 is 31.4. The van der Waals surface area contributed by atoms with Gasteiger partial charge in [0.1, 0.15) is 6.61 Å². The van der Waals surface area contributed by atoms with E-state index in [0.29, 0.717) is 6.54 Å². The fraction of sp³-hybridized carbons (Fsp3) is 0.200. The van der Waals surface area contributed by atoms with Crippen LogP contribution in [0.25, 0.3) is 0 Å². The van der Waals surface area contributed by atoms with E-state index in [1.807, 2.05) is 31.2 Å². The normalized spacial score (nSPS) is 10.3. The molecule has 0 fully saturated rings. The number of ether oxygens (including phenoxy) is 1. The maximum atomic E-state index is 13.3. The quantitative estimate of drug-likeness (QED) is 0.829. The molecule has 4 heteroatoms. The topological polar surface area (TPSA) is 21.3 Å². The van der Waals surface area contributed by atoms with Gasteiger partial charge in [0.25, 0.3) is 0 Å². The van der Waals surface area contributed by atoms with E-state index in [4.69, 9.17) is 4.74 Å². The van der Waals surface area contributed by atoms with E-state index >= 15 is 0 Å². The highest BCUT2D eigenvalue weighted by Crippen LogP contribution is 2.18. The monoisotopic (exact) mass is 263 g/mol. The van der Waals surface area contributed by atoms with E-state index in [1.165, 1.54) is 17.7 Å². The zero-order chi connectivity index (χ0) is 13.7. The number of hydrogen-bond donors (Lipinski definition) is 1. The fourth-order valence-corrected chi connectivity index (χ4v) is 1.62. The number of halogens is 2. The van der Waals surface area contributed by atoms with E-state index in [2.05, 4.69) is 5.32 Å². The lowest BCUT2D eigenvalue weighted by Gasteiger charge is -2.09. The summed E-state index contributed by atoms with van der Waals surface area (Å²) in [6.45, 7) is 2.78. The molecule has 0 saturated heterocycles. The van der Waals surface area contributed by atoms with Crippen LogP contribution in [0.1, 0.15) is 5.56 Å². The molecule has 19 heavy (non-hydrogen) atoms. The van der Waals surface area contributed by atoms with Crippen LogP contribution in [-0.2, 0) is 0 Å². The van der Waals surface area contributed by atoms with Crippen LogP contribution in [0.5, 0.6) is 5.75 Å². The van der Waals surface area contributed by atoms with Crippen LogP contribution in [0.2, 0.25) is 0 Å². The maximum absolute atomic E-state index is 13.3. The van der Waals surface area contributed by atoms with Crippen molar-refractivity contribution < 1.29 is 13.5 Å². The number of aryl methyl sites for hydroxylation is 1. The van der Waals surface area contributed by atoms with Gasteiger partial charge in [-0.05, 0) is 31.2 Å². The van der Waals surface area contributed by atoms with E-state index in [9.17, 15) is 8.78 Å². The Bertz CT molecular complexity index is 540. The van der Waals surface area contributed by atoms with Crippen molar-refractivity contribution >= 4 is 5.69 Å². The van der Waals surface area contributed by atoms with Gasteiger partial charge in [-0.3, -0.25) is 0 Å². The van der Waals surface area contributed by atoms with Crippen LogP contribution < -0.4 is 10.1 Å². The average molecular weight is 263 g/mol. The summed E-state index contributed by atoms with van der Waals surface area (Å²) in [5.74, 6) is -1.91. The zero-order valence-electron chi connectivity index (χ0n) is 10.6. The number of rotatable bonds is 5. The van der Waals surface area contributed by atoms with Crippen molar-refractivity contribution in [1.82, 2.24) is 0 Å². The number of benzene rings is 2. The minimum absolute atomic E-state index is 0.0642. The molecule has 0 aliphatic rings. The van der Waals surface area contributed by atoms with Gasteiger partial charge in [0, 0.05) is 12.2 Å². The minimum Gasteiger partial charge on any atom is -0.489 e. The lowest BCUT2D eigenvalue weighted by atomic mass is 10.2. The van der Waals surface area contributed by atoms with Gasteiger partial charge in [-0.15, -0.1) is 0 Å². The smallest absolute Gasteiger partial charge is 0.200 e. The van der Waals surface area contributed by atoms with Gasteiger partial charge in [0.15, 0.2) is 11.6 Å². The number of anilines is 1. The first-order chi connectivity index (χ1) is 9.16. The molecule has 0 aliphatic carbocycles. The summed E-state index contributed by atoms with van der Waals surface area (Å²) in [4.78, 5) is 0. The van der Waals surface area contributed by atoms with E-state index in [1.54, 1.807) is 0 Å². The molecular formula is C15H15F2NO. The van der Waals surface area contributed by atoms with Crippen LogP contribution in [0.15, 0.2) is 42.5 Å². The van der Waals surface area contributed by atoms with Gasteiger partial charge in [0.05, 0.1) is 0 Å². The Balaban J connectivity index is 1.81. The van der Waals surface area contributed by atoms with Crippen LogP contribution in [0.4, 0.5) is 14.5 Å². The molecule has 2 rings (SSSR count). The van der Waals surface area contributed by atoms with Gasteiger partial charge >= 0.3 is 0 Å². The van der Waals surface area contributed by atoms with E-state index in [0.717, 1.165) is 11.8 Å². The molecule has 2 nitrogen and oxygen atoms in total. The average Bonchev–Trinajstić information content (AvgIpc) is 2.41. The van der Waals surface area contributed by atoms with Crippen molar-refractivity contribution in [3.8, 4) is 5.75 Å². The Hall–Kier alpha value is -2.10. The molecule has 1 N–H and O–H groups in total. The Morgan fingerprint density at radius 1 is 1.05 bits per heavy atom. The molecule has 0 radical (unpaired) electrons. The first-order valence-electron chi connectivity index (χ1n) is 6.04. The minimum atomic E-state index is -0.946. The van der Waals surface area contributed by atoms with Gasteiger partial charge < -0.3 is 10.1 Å². The van der Waals surface area contributed by atoms with Crippen LogP contribution in [0.3, 0.4) is 0 Å². The summed E-state index contributed by atoms with van der Waals surface area (Å²) in [5, 5.41) is 3.13. The van der Waals surface area contributed by atoms with Crippen molar-refractivity contribution in [2.24, 2.45) is 0 Å². The second kappa shape index (κ2) is 6.18. The molecule has 100 valence electrons. The van der Waals surface area contributed by atoms with Crippen LogP contribution >= 0.6 is 0 Å². The summed E-state index contributed by atoms with van der Waals surface area (Å²) in [7, 11) is 0. The highest BCUT2D eigenvalue weighted by Gasteiger charge is 2.07. The summed E-state index contributed by atoms with van der Waals surface area (Å²) >= 11 is 0. The first kappa shape index (κ1) is 13.3. The van der Waals surface area contributed by atoms with E-state index in [-0.39, 0.29) is 12.4 Å². The number of hydrogen-bond acceptors (Lipinski definition) is 2. The standard InChI is InChI=1S/C15H15F2NO/c1-11-5-7-12(8-6-11)18-9-10-19-14-4-2-3-13(16)15(14)17/h2-8,18H,9-10H2,1H3. The Labute approximate surface area is 111 Å². The third-order valence-electron chi connectivity index (χ3n) is 2.66. The highest BCUT2D eigenvalue weighted by molar-refractivity contribution is 5.44. The zero-order valence-corrected chi connectivity index (χ0v) is 10.6. The molecular weight excluding hydrogens is 248 g/mol. The lowest BCUT2D eigenvalue weighted by molar-refractivity contribution is 0.308. The molecule has 2 aromatic carbocycles. The molecule has 0 bridgehead atoms. The Morgan fingerprint density at radius 3 is 2.53 bits per heavy atom. The molecule has 0 spiro atoms. The van der Waals surface area contributed by atoms with Crippen molar-refractivity contribution in [3.05, 3.63) is 59.7 Å². The van der Waals surface area contributed by atoms with Gasteiger partial charge in [-0.1, -0.05) is 23.8 Å². The van der Waals surface area contributed by atoms with Gasteiger partial charge in [0.2, 0.25) is 5.82 Å². The highest BCUT2D eigenvalue weighted by atomic mass is 19.2. The fourth-order valence-electron chi connectivity index (χ4n) is 1.62. The van der Waals surface area contributed by atoms with Gasteiger partial charge in [-0.2, -0.15) is 4.39 Å². The molecule has 0 aromatic heterocycles. The Morgan fingerprint density at radius 2 is 1.79 bits per heavy atom. The molecule has 2 aromatic rings. The molecule has 0 heterocycles. The summed E-state index contributed by atoms with van der Waals surface area (Å²) in [5.41, 5.74) is 2.15. The largest absolute Gasteiger partial charge is 0.489 e. The van der Waals surface area contributed by atoms with Crippen molar-refractivity contribution in [2.75, 3.05) is 18.5 Å². The first-order valence-corrected chi connectivity index (χ1v) is 6.04. The summed E-state index contributed by atoms with van der Waals surface area (Å²) in [6, 6.07) is 11.8. The van der Waals surface area contributed by atoms with Crippen molar-refractivity contribution in [2.45, 2.75) is 6.92 Å². The van der Waals surface area contributed by atoms with Crippen LogP contribution in [0, 0.1) is 18.6 Å². The molecule has 0 amide bonds. The van der Waals surface area contributed by atoms with E-state index < -0.39 is 11.6 Å². The number of nitrogens with one attached hydrogen (secondary N) is 1. The molecule has 0 atom stereocenters. The van der Waals surface area contributed by atoms with Crippen molar-refractivity contribution in [3.63, 3.8) is 0 Å². The second-order valence-corrected chi connectivity index (χ2v) is 4.19. The summed E-state index contributed by atoms with van der Waals surface area (Å²) in [6.07, 6.45) is 0. The third kappa shape index (κ3) is 3.68. The lowest BCUT2D eigenvalue weighted by Crippen LogP contribution is -2.12. The predicted octanol–water partition coefficient (Wildman–Crippen LogP) is 3.76. The molecule has 0 unspecified atom stereocenters. The second-order valence-electron chi connectivity index (χ2n) is 4.19. The SMILES string of the molecule is Cc1ccc(NCCOc2cccc(F)c2F)cc1. The Kier molecular flexibility index (Phi) is 4.34. The van der Waals surface area contributed by atoms with Crippen molar-refractivity contribution in [1.29, 1.82) is 0 Å². The molecule has 0 aliphatic heterocycles. The predicted molar refractivity (Wildman–Crippen MR) is 71.5 cm³/mol. The van der Waals surface area contributed by atoms with Gasteiger partial charge in [-0.25, -0.2) is 4.39 Å².